The van der Waals surface area contributed by atoms with Gasteiger partial charge in [0.25, 0.3) is 0 Å². The van der Waals surface area contributed by atoms with E-state index in [1.165, 1.54) is 11.3 Å². The van der Waals surface area contributed by atoms with E-state index in [0.717, 1.165) is 28.8 Å². The summed E-state index contributed by atoms with van der Waals surface area (Å²) in [5.41, 5.74) is 8.22. The number of hydrogen-bond acceptors (Lipinski definition) is 5. The summed E-state index contributed by atoms with van der Waals surface area (Å²) in [4.78, 5) is 16.3. The predicted octanol–water partition coefficient (Wildman–Crippen LogP) is 2.45. The Morgan fingerprint density at radius 1 is 1.33 bits per heavy atom. The monoisotopic (exact) mass is 300 g/mol. The minimum atomic E-state index is 0.104. The number of thiazole rings is 1. The lowest BCUT2D eigenvalue weighted by molar-refractivity contribution is -0.117. The molecule has 0 fully saturated rings. The van der Waals surface area contributed by atoms with Gasteiger partial charge in [0.15, 0.2) is 5.13 Å². The third-order valence-corrected chi connectivity index (χ3v) is 4.07. The minimum Gasteiger partial charge on any atom is -0.375 e. The smallest absolute Gasteiger partial charge is 0.180 e. The van der Waals surface area contributed by atoms with Gasteiger partial charge in [0, 0.05) is 17.3 Å². The van der Waals surface area contributed by atoms with E-state index in [0.29, 0.717) is 18.0 Å². The lowest BCUT2D eigenvalue weighted by atomic mass is 10.1. The van der Waals surface area contributed by atoms with E-state index in [9.17, 15) is 4.79 Å². The normalized spacial score (nSPS) is 11.1. The van der Waals surface area contributed by atoms with Crippen LogP contribution in [0.5, 0.6) is 0 Å². The fourth-order valence-corrected chi connectivity index (χ4v) is 2.99. The number of rotatable bonds is 5. The highest BCUT2D eigenvalue weighted by molar-refractivity contribution is 7.13. The molecule has 3 aromatic rings. The maximum Gasteiger partial charge on any atom is 0.180 e. The van der Waals surface area contributed by atoms with Crippen molar-refractivity contribution in [1.29, 1.82) is 0 Å². The highest BCUT2D eigenvalue weighted by Crippen LogP contribution is 2.20. The molecule has 108 valence electrons. The van der Waals surface area contributed by atoms with Crippen molar-refractivity contribution in [2.75, 3.05) is 5.73 Å². The number of aryl methyl sites for hydroxylation is 1. The summed E-state index contributed by atoms with van der Waals surface area (Å²) >= 11 is 1.36. The average molecular weight is 300 g/mol. The number of ketones is 1. The number of fused-ring (bicyclic) bond motifs is 1. The van der Waals surface area contributed by atoms with E-state index in [-0.39, 0.29) is 5.78 Å². The summed E-state index contributed by atoms with van der Waals surface area (Å²) in [6.07, 6.45) is 0.631. The Morgan fingerprint density at radius 3 is 2.86 bits per heavy atom. The number of para-hydroxylation sites is 1. The van der Waals surface area contributed by atoms with Crippen molar-refractivity contribution in [3.63, 3.8) is 0 Å². The molecule has 1 aromatic carbocycles. The van der Waals surface area contributed by atoms with Gasteiger partial charge >= 0.3 is 0 Å². The van der Waals surface area contributed by atoms with Crippen molar-refractivity contribution in [2.45, 2.75) is 26.3 Å². The van der Waals surface area contributed by atoms with Crippen LogP contribution in [-0.2, 0) is 24.2 Å². The summed E-state index contributed by atoms with van der Waals surface area (Å²) in [6.45, 7) is 2.83. The Morgan fingerprint density at radius 2 is 2.14 bits per heavy atom. The lowest BCUT2D eigenvalue weighted by Gasteiger charge is -1.97. The first kappa shape index (κ1) is 13.8. The van der Waals surface area contributed by atoms with Gasteiger partial charge in [0.1, 0.15) is 5.78 Å². The maximum atomic E-state index is 12.2. The van der Waals surface area contributed by atoms with Crippen molar-refractivity contribution in [1.82, 2.24) is 14.8 Å². The van der Waals surface area contributed by atoms with Crippen LogP contribution in [0.4, 0.5) is 5.13 Å². The number of benzene rings is 1. The molecule has 0 bridgehead atoms. The molecule has 0 aliphatic carbocycles. The molecule has 3 rings (SSSR count). The van der Waals surface area contributed by atoms with Crippen LogP contribution in [-0.4, -0.2) is 20.5 Å². The van der Waals surface area contributed by atoms with Crippen LogP contribution in [0.2, 0.25) is 0 Å². The van der Waals surface area contributed by atoms with Gasteiger partial charge in [-0.3, -0.25) is 9.48 Å². The van der Waals surface area contributed by atoms with Gasteiger partial charge in [-0.05, 0) is 13.0 Å². The average Bonchev–Trinajstić information content (AvgIpc) is 3.03. The quantitative estimate of drug-likeness (QED) is 0.785. The van der Waals surface area contributed by atoms with Crippen molar-refractivity contribution in [3.05, 3.63) is 41.0 Å². The number of hydrogen-bond donors (Lipinski definition) is 1. The Bertz CT molecular complexity index is 790. The van der Waals surface area contributed by atoms with Crippen molar-refractivity contribution < 1.29 is 4.79 Å². The zero-order valence-electron chi connectivity index (χ0n) is 11.7. The second kappa shape index (κ2) is 5.65. The number of Topliss-reactive ketones (excluding diaryl/α,β-unsaturated/α-hetero) is 1. The Labute approximate surface area is 126 Å². The lowest BCUT2D eigenvalue weighted by Crippen LogP contribution is -2.08. The summed E-state index contributed by atoms with van der Waals surface area (Å²) in [7, 11) is 0. The van der Waals surface area contributed by atoms with E-state index in [1.54, 1.807) is 0 Å². The molecule has 0 spiro atoms. The fraction of sp³-hybridized carbons (Fsp3) is 0.267. The standard InChI is InChI=1S/C15H16N4OS/c1-2-19-14-6-4-3-5-12(14)13(18-19)8-11(20)7-10-9-21-15(16)17-10/h3-6,9H,2,7-8H2,1H3,(H2,16,17). The molecule has 2 aromatic heterocycles. The van der Waals surface area contributed by atoms with Gasteiger partial charge in [-0.25, -0.2) is 4.98 Å². The minimum absolute atomic E-state index is 0.104. The van der Waals surface area contributed by atoms with Gasteiger partial charge in [-0.15, -0.1) is 11.3 Å². The third kappa shape index (κ3) is 2.80. The number of nitrogens with zero attached hydrogens (tertiary/aromatic N) is 3. The van der Waals surface area contributed by atoms with Crippen LogP contribution >= 0.6 is 11.3 Å². The van der Waals surface area contributed by atoms with E-state index in [4.69, 9.17) is 5.73 Å². The third-order valence-electron chi connectivity index (χ3n) is 3.35. The van der Waals surface area contributed by atoms with E-state index >= 15 is 0 Å². The Kier molecular flexibility index (Phi) is 3.70. The first-order valence-electron chi connectivity index (χ1n) is 6.83. The molecule has 21 heavy (non-hydrogen) atoms. The summed E-state index contributed by atoms with van der Waals surface area (Å²) < 4.78 is 1.93. The largest absolute Gasteiger partial charge is 0.375 e. The van der Waals surface area contributed by atoms with Gasteiger partial charge in [0.2, 0.25) is 0 Å². The molecule has 2 N–H and O–H groups in total. The Balaban J connectivity index is 1.83. The molecule has 0 saturated carbocycles. The van der Waals surface area contributed by atoms with Crippen LogP contribution in [0.15, 0.2) is 29.6 Å². The van der Waals surface area contributed by atoms with Crippen LogP contribution < -0.4 is 5.73 Å². The number of aromatic nitrogens is 3. The SMILES string of the molecule is CCn1nc(CC(=O)Cc2csc(N)n2)c2ccccc21. The van der Waals surface area contributed by atoms with Crippen LogP contribution in [0.25, 0.3) is 10.9 Å². The van der Waals surface area contributed by atoms with Gasteiger partial charge < -0.3 is 5.73 Å². The molecule has 0 aliphatic rings. The second-order valence-electron chi connectivity index (χ2n) is 4.85. The van der Waals surface area contributed by atoms with E-state index in [1.807, 2.05) is 41.3 Å². The molecular weight excluding hydrogens is 284 g/mol. The molecule has 2 heterocycles. The number of anilines is 1. The van der Waals surface area contributed by atoms with Crippen molar-refractivity contribution in [3.8, 4) is 0 Å². The zero-order chi connectivity index (χ0) is 14.8. The number of nitrogens with two attached hydrogens (primary N) is 1. The molecule has 0 atom stereocenters. The molecule has 0 saturated heterocycles. The number of carbonyl (C=O) groups excluding carboxylic acids is 1. The van der Waals surface area contributed by atoms with Crippen LogP contribution in [0, 0.1) is 0 Å². The highest BCUT2D eigenvalue weighted by Gasteiger charge is 2.14. The van der Waals surface area contributed by atoms with E-state index in [2.05, 4.69) is 10.1 Å². The molecule has 0 aliphatic heterocycles. The molecule has 5 nitrogen and oxygen atoms in total. The summed E-state index contributed by atoms with van der Waals surface area (Å²) in [6, 6.07) is 8.00. The number of nitrogen functional groups attached to an aromatic ring is 1. The van der Waals surface area contributed by atoms with Crippen LogP contribution in [0.3, 0.4) is 0 Å². The van der Waals surface area contributed by atoms with Crippen LogP contribution in [0.1, 0.15) is 18.3 Å². The summed E-state index contributed by atoms with van der Waals surface area (Å²) in [5.74, 6) is 0.104. The molecule has 0 radical (unpaired) electrons. The topological polar surface area (TPSA) is 73.8 Å². The highest BCUT2D eigenvalue weighted by atomic mass is 32.1. The first-order valence-corrected chi connectivity index (χ1v) is 7.71. The molecule has 0 unspecified atom stereocenters. The second-order valence-corrected chi connectivity index (χ2v) is 5.74. The first-order chi connectivity index (χ1) is 10.2. The van der Waals surface area contributed by atoms with Crippen molar-refractivity contribution in [2.24, 2.45) is 0 Å². The predicted molar refractivity (Wildman–Crippen MR) is 84.3 cm³/mol. The number of carbonyl (C=O) groups is 1. The molecule has 0 amide bonds. The molecular formula is C15H16N4OS. The molecule has 6 heteroatoms. The van der Waals surface area contributed by atoms with Crippen molar-refractivity contribution >= 4 is 33.2 Å². The van der Waals surface area contributed by atoms with Gasteiger partial charge in [-0.2, -0.15) is 5.10 Å². The zero-order valence-corrected chi connectivity index (χ0v) is 12.6. The fourth-order valence-electron chi connectivity index (χ4n) is 2.42. The van der Waals surface area contributed by atoms with Gasteiger partial charge in [0.05, 0.1) is 29.7 Å². The summed E-state index contributed by atoms with van der Waals surface area (Å²) in [5, 5.41) is 7.92. The maximum absolute atomic E-state index is 12.2. The Hall–Kier alpha value is -2.21. The van der Waals surface area contributed by atoms with Gasteiger partial charge in [-0.1, -0.05) is 18.2 Å². The van der Waals surface area contributed by atoms with E-state index < -0.39 is 0 Å².